The topological polar surface area (TPSA) is 50.7 Å². The molecule has 0 radical (unpaired) electrons. The van der Waals surface area contributed by atoms with Gasteiger partial charge in [0.25, 0.3) is 0 Å². The first-order valence-corrected chi connectivity index (χ1v) is 3.25. The molecule has 1 rings (SSSR count). The second kappa shape index (κ2) is 2.59. The van der Waals surface area contributed by atoms with Crippen LogP contribution in [0.4, 0.5) is 0 Å². The fourth-order valence-electron chi connectivity index (χ4n) is 0.893. The molecule has 3 nitrogen and oxygen atoms in total. The van der Waals surface area contributed by atoms with Crippen LogP contribution in [0.25, 0.3) is 0 Å². The van der Waals surface area contributed by atoms with Gasteiger partial charge in [0.2, 0.25) is 0 Å². The minimum atomic E-state index is 0.436. The third kappa shape index (κ3) is 1.30. The lowest BCUT2D eigenvalue weighted by Gasteiger charge is -2.01. The van der Waals surface area contributed by atoms with Crippen LogP contribution in [-0.2, 0) is 0 Å². The van der Waals surface area contributed by atoms with Crippen LogP contribution in [0.5, 0.6) is 0 Å². The zero-order chi connectivity index (χ0) is 8.43. The lowest BCUT2D eigenvalue weighted by molar-refractivity contribution is -0.612. The molecule has 0 amide bonds. The Labute approximate surface area is 65.1 Å². The summed E-state index contributed by atoms with van der Waals surface area (Å²) in [7, 11) is 0. The maximum absolute atomic E-state index is 10.9. The van der Waals surface area contributed by atoms with Crippen molar-refractivity contribution < 1.29 is 4.73 Å². The Hall–Kier alpha value is -1.56. The molecule has 3 heteroatoms. The van der Waals surface area contributed by atoms with Crippen LogP contribution in [0.2, 0.25) is 0 Å². The smallest absolute Gasteiger partial charge is 0.198 e. The highest BCUT2D eigenvalue weighted by Gasteiger charge is 2.04. The average molecular weight is 148 g/mol. The quantitative estimate of drug-likeness (QED) is 0.403. The van der Waals surface area contributed by atoms with Crippen molar-refractivity contribution in [3.05, 3.63) is 34.3 Å². The van der Waals surface area contributed by atoms with E-state index in [0.717, 1.165) is 5.56 Å². The molecule has 11 heavy (non-hydrogen) atoms. The number of nitriles is 1. The number of rotatable bonds is 0. The van der Waals surface area contributed by atoms with Gasteiger partial charge < -0.3 is 5.21 Å². The van der Waals surface area contributed by atoms with Crippen molar-refractivity contribution in [2.45, 2.75) is 13.8 Å². The zero-order valence-electron chi connectivity index (χ0n) is 6.46. The minimum Gasteiger partial charge on any atom is -0.618 e. The van der Waals surface area contributed by atoms with Crippen LogP contribution in [0.1, 0.15) is 16.8 Å². The number of nitrogens with zero attached hydrogens (tertiary/aromatic N) is 2. The van der Waals surface area contributed by atoms with Gasteiger partial charge in [0.15, 0.2) is 11.9 Å². The van der Waals surface area contributed by atoms with E-state index in [-0.39, 0.29) is 0 Å². The number of hydrogen-bond acceptors (Lipinski definition) is 2. The summed E-state index contributed by atoms with van der Waals surface area (Å²) in [6.45, 7) is 3.52. The molecule has 0 saturated heterocycles. The summed E-state index contributed by atoms with van der Waals surface area (Å²) in [5.41, 5.74) is 1.89. The lowest BCUT2D eigenvalue weighted by Crippen LogP contribution is -2.30. The SMILES string of the molecule is Cc1cc(C)[n+]([O-])cc1C#N. The molecule has 0 saturated carbocycles. The average Bonchev–Trinajstić information content (AvgIpc) is 1.97. The highest BCUT2D eigenvalue weighted by molar-refractivity contribution is 5.32. The largest absolute Gasteiger partial charge is 0.618 e. The number of hydrogen-bond donors (Lipinski definition) is 0. The molecule has 0 atom stereocenters. The monoisotopic (exact) mass is 148 g/mol. The molecule has 0 aliphatic carbocycles. The molecule has 0 aromatic carbocycles. The second-order valence-electron chi connectivity index (χ2n) is 2.45. The van der Waals surface area contributed by atoms with Gasteiger partial charge in [-0.1, -0.05) is 0 Å². The standard InChI is InChI=1S/C8H8N2O/c1-6-3-7(2)10(11)5-8(6)4-9/h3,5H,1-2H3. The van der Waals surface area contributed by atoms with Crippen LogP contribution in [0.3, 0.4) is 0 Å². The van der Waals surface area contributed by atoms with Crippen LogP contribution in [-0.4, -0.2) is 0 Å². The van der Waals surface area contributed by atoms with E-state index in [4.69, 9.17) is 5.26 Å². The molecule has 1 aromatic rings. The van der Waals surface area contributed by atoms with Crippen molar-refractivity contribution in [1.82, 2.24) is 0 Å². The first kappa shape index (κ1) is 7.55. The molecule has 0 fully saturated rings. The van der Waals surface area contributed by atoms with E-state index in [1.54, 1.807) is 13.0 Å². The fraction of sp³-hybridized carbons (Fsp3) is 0.250. The number of aryl methyl sites for hydroxylation is 2. The Morgan fingerprint density at radius 2 is 2.18 bits per heavy atom. The Kier molecular flexibility index (Phi) is 1.77. The Morgan fingerprint density at radius 3 is 2.73 bits per heavy atom. The van der Waals surface area contributed by atoms with Crippen LogP contribution in [0, 0.1) is 30.4 Å². The van der Waals surface area contributed by atoms with Gasteiger partial charge in [-0.05, 0) is 12.5 Å². The van der Waals surface area contributed by atoms with E-state index in [2.05, 4.69) is 0 Å². The third-order valence-corrected chi connectivity index (χ3v) is 1.56. The first-order valence-electron chi connectivity index (χ1n) is 3.25. The maximum atomic E-state index is 10.9. The number of aromatic nitrogens is 1. The van der Waals surface area contributed by atoms with E-state index in [1.807, 2.05) is 13.0 Å². The molecule has 0 spiro atoms. The van der Waals surface area contributed by atoms with Crippen LogP contribution >= 0.6 is 0 Å². The van der Waals surface area contributed by atoms with Gasteiger partial charge in [-0.2, -0.15) is 9.99 Å². The molecule has 0 N–H and O–H groups in total. The van der Waals surface area contributed by atoms with E-state index in [0.29, 0.717) is 16.0 Å². The summed E-state index contributed by atoms with van der Waals surface area (Å²) in [5.74, 6) is 0. The van der Waals surface area contributed by atoms with Crippen molar-refractivity contribution in [2.24, 2.45) is 0 Å². The Balaban J connectivity index is 3.35. The van der Waals surface area contributed by atoms with Gasteiger partial charge >= 0.3 is 0 Å². The van der Waals surface area contributed by atoms with E-state index in [1.165, 1.54) is 6.20 Å². The summed E-state index contributed by atoms with van der Waals surface area (Å²) in [4.78, 5) is 0. The first-order chi connectivity index (χ1) is 5.15. The summed E-state index contributed by atoms with van der Waals surface area (Å²) in [6.07, 6.45) is 1.30. The maximum Gasteiger partial charge on any atom is 0.198 e. The van der Waals surface area contributed by atoms with Gasteiger partial charge in [0.1, 0.15) is 11.6 Å². The molecular weight excluding hydrogens is 140 g/mol. The van der Waals surface area contributed by atoms with Gasteiger partial charge in [0.05, 0.1) is 0 Å². The minimum absolute atomic E-state index is 0.436. The van der Waals surface area contributed by atoms with Crippen LogP contribution < -0.4 is 4.73 Å². The van der Waals surface area contributed by atoms with E-state index in [9.17, 15) is 5.21 Å². The van der Waals surface area contributed by atoms with Crippen molar-refractivity contribution in [3.8, 4) is 6.07 Å². The van der Waals surface area contributed by atoms with Gasteiger partial charge in [-0.3, -0.25) is 0 Å². The highest BCUT2D eigenvalue weighted by atomic mass is 16.5. The van der Waals surface area contributed by atoms with E-state index >= 15 is 0 Å². The predicted octanol–water partition coefficient (Wildman–Crippen LogP) is 0.809. The summed E-state index contributed by atoms with van der Waals surface area (Å²) in [6, 6.07) is 3.64. The zero-order valence-corrected chi connectivity index (χ0v) is 6.46. The second-order valence-corrected chi connectivity index (χ2v) is 2.45. The summed E-state index contributed by atoms with van der Waals surface area (Å²) >= 11 is 0. The lowest BCUT2D eigenvalue weighted by atomic mass is 10.1. The summed E-state index contributed by atoms with van der Waals surface area (Å²) < 4.78 is 0.700. The van der Waals surface area contributed by atoms with Crippen molar-refractivity contribution in [2.75, 3.05) is 0 Å². The van der Waals surface area contributed by atoms with Gasteiger partial charge in [-0.25, -0.2) is 0 Å². The molecule has 0 aliphatic heterocycles. The molecule has 56 valence electrons. The van der Waals surface area contributed by atoms with Crippen molar-refractivity contribution in [1.29, 1.82) is 5.26 Å². The highest BCUT2D eigenvalue weighted by Crippen LogP contribution is 2.03. The molecule has 0 aliphatic rings. The Bertz CT molecular complexity index is 326. The molecule has 0 bridgehead atoms. The fourth-order valence-corrected chi connectivity index (χ4v) is 0.893. The van der Waals surface area contributed by atoms with Gasteiger partial charge in [-0.15, -0.1) is 0 Å². The molecule has 0 unspecified atom stereocenters. The summed E-state index contributed by atoms with van der Waals surface area (Å²) in [5, 5.41) is 19.4. The third-order valence-electron chi connectivity index (χ3n) is 1.56. The number of pyridine rings is 1. The van der Waals surface area contributed by atoms with Crippen molar-refractivity contribution in [3.63, 3.8) is 0 Å². The van der Waals surface area contributed by atoms with Gasteiger partial charge in [0, 0.05) is 13.0 Å². The van der Waals surface area contributed by atoms with Crippen molar-refractivity contribution >= 4 is 0 Å². The predicted molar refractivity (Wildman–Crippen MR) is 39.6 cm³/mol. The normalized spacial score (nSPS) is 9.18. The molecule has 1 heterocycles. The molecular formula is C8H8N2O. The van der Waals surface area contributed by atoms with Crippen LogP contribution in [0.15, 0.2) is 12.3 Å². The Morgan fingerprint density at radius 1 is 1.55 bits per heavy atom. The molecule has 1 aromatic heterocycles. The van der Waals surface area contributed by atoms with E-state index < -0.39 is 0 Å².